The molecular weight excluding hydrogens is 305 g/mol. The van der Waals surface area contributed by atoms with Gasteiger partial charge in [-0.05, 0) is 37.7 Å². The van der Waals surface area contributed by atoms with Gasteiger partial charge in [-0.25, -0.2) is 0 Å². The maximum Gasteiger partial charge on any atom is 0.137 e. The molecule has 0 fully saturated rings. The second kappa shape index (κ2) is 6.19. The first-order chi connectivity index (χ1) is 9.06. The van der Waals surface area contributed by atoms with Gasteiger partial charge in [0.2, 0.25) is 0 Å². The molecule has 0 amide bonds. The number of halogens is 3. The molecule has 1 unspecified atom stereocenters. The van der Waals surface area contributed by atoms with Gasteiger partial charge in [0.1, 0.15) is 11.5 Å². The summed E-state index contributed by atoms with van der Waals surface area (Å²) in [6, 6.07) is 7.29. The van der Waals surface area contributed by atoms with Crippen LogP contribution in [0, 0.1) is 0 Å². The molecular formula is C14H14Cl3NO. The van der Waals surface area contributed by atoms with Crippen LogP contribution in [-0.2, 0) is 0 Å². The molecule has 0 aliphatic rings. The van der Waals surface area contributed by atoms with Crippen LogP contribution in [0.1, 0.15) is 25.1 Å². The fourth-order valence-electron chi connectivity index (χ4n) is 2.00. The van der Waals surface area contributed by atoms with Crippen LogP contribution < -0.4 is 5.32 Å². The van der Waals surface area contributed by atoms with Crippen molar-refractivity contribution in [1.82, 2.24) is 5.32 Å². The van der Waals surface area contributed by atoms with Crippen molar-refractivity contribution in [3.63, 3.8) is 0 Å². The molecule has 1 N–H and O–H groups in total. The third-order valence-electron chi connectivity index (χ3n) is 2.98. The summed E-state index contributed by atoms with van der Waals surface area (Å²) in [7, 11) is 1.90. The molecule has 102 valence electrons. The first-order valence-electron chi connectivity index (χ1n) is 5.98. The minimum absolute atomic E-state index is 0.179. The highest BCUT2D eigenvalue weighted by Crippen LogP contribution is 2.38. The smallest absolute Gasteiger partial charge is 0.137 e. The summed E-state index contributed by atoms with van der Waals surface area (Å²) >= 11 is 18.3. The molecule has 0 aliphatic carbocycles. The van der Waals surface area contributed by atoms with E-state index in [1.54, 1.807) is 12.1 Å². The Labute approximate surface area is 127 Å². The lowest BCUT2D eigenvalue weighted by Gasteiger charge is -2.10. The fourth-order valence-corrected chi connectivity index (χ4v) is 3.00. The largest absolute Gasteiger partial charge is 0.459 e. The van der Waals surface area contributed by atoms with Gasteiger partial charge in [-0.3, -0.25) is 0 Å². The Morgan fingerprint density at radius 2 is 1.79 bits per heavy atom. The Kier molecular flexibility index (Phi) is 4.80. The zero-order valence-electron chi connectivity index (χ0n) is 10.6. The van der Waals surface area contributed by atoms with E-state index in [0.717, 1.165) is 12.2 Å². The molecule has 1 heterocycles. The predicted molar refractivity (Wildman–Crippen MR) is 81.3 cm³/mol. The molecule has 19 heavy (non-hydrogen) atoms. The Bertz CT molecular complexity index is 553. The van der Waals surface area contributed by atoms with Gasteiger partial charge in [-0.1, -0.05) is 41.7 Å². The van der Waals surface area contributed by atoms with Crippen molar-refractivity contribution in [1.29, 1.82) is 0 Å². The van der Waals surface area contributed by atoms with E-state index in [4.69, 9.17) is 39.2 Å². The van der Waals surface area contributed by atoms with E-state index in [1.807, 2.05) is 19.2 Å². The van der Waals surface area contributed by atoms with Crippen molar-refractivity contribution >= 4 is 34.8 Å². The number of benzene rings is 1. The topological polar surface area (TPSA) is 25.2 Å². The molecule has 0 radical (unpaired) electrons. The molecule has 2 nitrogen and oxygen atoms in total. The number of nitrogens with one attached hydrogen (secondary N) is 1. The lowest BCUT2D eigenvalue weighted by atomic mass is 10.1. The van der Waals surface area contributed by atoms with Gasteiger partial charge >= 0.3 is 0 Å². The van der Waals surface area contributed by atoms with Crippen molar-refractivity contribution in [3.05, 3.63) is 45.1 Å². The van der Waals surface area contributed by atoms with Crippen LogP contribution in [-0.4, -0.2) is 7.05 Å². The monoisotopic (exact) mass is 317 g/mol. The molecule has 0 saturated carbocycles. The van der Waals surface area contributed by atoms with Crippen molar-refractivity contribution in [2.45, 2.75) is 19.4 Å². The second-order valence-electron chi connectivity index (χ2n) is 4.20. The highest BCUT2D eigenvalue weighted by molar-refractivity contribution is 6.41. The summed E-state index contributed by atoms with van der Waals surface area (Å²) < 4.78 is 5.84. The van der Waals surface area contributed by atoms with Crippen molar-refractivity contribution in [2.75, 3.05) is 7.05 Å². The van der Waals surface area contributed by atoms with Crippen LogP contribution >= 0.6 is 34.8 Å². The molecule has 0 bridgehead atoms. The van der Waals surface area contributed by atoms with Crippen LogP contribution in [0.4, 0.5) is 0 Å². The number of hydrogen-bond donors (Lipinski definition) is 1. The Hall–Kier alpha value is -0.670. The lowest BCUT2D eigenvalue weighted by Crippen LogP contribution is -2.14. The van der Waals surface area contributed by atoms with E-state index in [-0.39, 0.29) is 6.04 Å². The van der Waals surface area contributed by atoms with Crippen molar-refractivity contribution < 1.29 is 4.42 Å². The van der Waals surface area contributed by atoms with E-state index in [0.29, 0.717) is 26.4 Å². The SMILES string of the molecule is CCC(NC)c1ccc(-c2c(Cl)cc(Cl)cc2Cl)o1. The molecule has 1 atom stereocenters. The van der Waals surface area contributed by atoms with Crippen molar-refractivity contribution in [2.24, 2.45) is 0 Å². The van der Waals surface area contributed by atoms with Gasteiger partial charge in [0.05, 0.1) is 21.7 Å². The van der Waals surface area contributed by atoms with Gasteiger partial charge in [-0.2, -0.15) is 0 Å². The highest BCUT2D eigenvalue weighted by atomic mass is 35.5. The van der Waals surface area contributed by atoms with E-state index < -0.39 is 0 Å². The maximum atomic E-state index is 6.18. The summed E-state index contributed by atoms with van der Waals surface area (Å²) in [6.45, 7) is 2.09. The Morgan fingerprint density at radius 3 is 2.32 bits per heavy atom. The van der Waals surface area contributed by atoms with Gasteiger partial charge in [0.15, 0.2) is 0 Å². The lowest BCUT2D eigenvalue weighted by molar-refractivity contribution is 0.431. The zero-order valence-corrected chi connectivity index (χ0v) is 12.9. The van der Waals surface area contributed by atoms with Crippen LogP contribution in [0.15, 0.2) is 28.7 Å². The Morgan fingerprint density at radius 1 is 1.16 bits per heavy atom. The highest BCUT2D eigenvalue weighted by Gasteiger charge is 2.16. The zero-order chi connectivity index (χ0) is 14.0. The normalized spacial score (nSPS) is 12.7. The van der Waals surface area contributed by atoms with E-state index >= 15 is 0 Å². The van der Waals surface area contributed by atoms with Crippen LogP contribution in [0.5, 0.6) is 0 Å². The minimum Gasteiger partial charge on any atom is -0.459 e. The molecule has 5 heteroatoms. The summed E-state index contributed by atoms with van der Waals surface area (Å²) in [5.41, 5.74) is 0.671. The predicted octanol–water partition coefficient (Wildman–Crippen LogP) is 5.58. The van der Waals surface area contributed by atoms with E-state index in [1.165, 1.54) is 0 Å². The molecule has 0 spiro atoms. The molecule has 1 aromatic carbocycles. The standard InChI is InChI=1S/C14H14Cl3NO/c1-3-11(18-2)12-4-5-13(19-12)14-9(16)6-8(15)7-10(14)17/h4-7,11,18H,3H2,1-2H3. The van der Waals surface area contributed by atoms with Gasteiger partial charge in [-0.15, -0.1) is 0 Å². The third kappa shape index (κ3) is 3.09. The summed E-state index contributed by atoms with van der Waals surface area (Å²) in [6.07, 6.45) is 0.936. The van der Waals surface area contributed by atoms with Crippen LogP contribution in [0.25, 0.3) is 11.3 Å². The second-order valence-corrected chi connectivity index (χ2v) is 5.45. The average Bonchev–Trinajstić information content (AvgIpc) is 2.78. The van der Waals surface area contributed by atoms with Gasteiger partial charge < -0.3 is 9.73 Å². The molecule has 2 rings (SSSR count). The molecule has 2 aromatic rings. The van der Waals surface area contributed by atoms with Crippen LogP contribution in [0.2, 0.25) is 15.1 Å². The number of hydrogen-bond acceptors (Lipinski definition) is 2. The van der Waals surface area contributed by atoms with Gasteiger partial charge in [0, 0.05) is 5.02 Å². The number of furan rings is 1. The fraction of sp³-hybridized carbons (Fsp3) is 0.286. The van der Waals surface area contributed by atoms with E-state index in [9.17, 15) is 0 Å². The molecule has 0 saturated heterocycles. The van der Waals surface area contributed by atoms with Crippen LogP contribution in [0.3, 0.4) is 0 Å². The molecule has 0 aliphatic heterocycles. The quantitative estimate of drug-likeness (QED) is 0.796. The minimum atomic E-state index is 0.179. The molecule has 1 aromatic heterocycles. The first-order valence-corrected chi connectivity index (χ1v) is 7.12. The average molecular weight is 319 g/mol. The van der Waals surface area contributed by atoms with Gasteiger partial charge in [0.25, 0.3) is 0 Å². The first kappa shape index (κ1) is 14.7. The third-order valence-corrected chi connectivity index (χ3v) is 3.79. The summed E-state index contributed by atoms with van der Waals surface area (Å²) in [5.74, 6) is 1.51. The van der Waals surface area contributed by atoms with E-state index in [2.05, 4.69) is 12.2 Å². The summed E-state index contributed by atoms with van der Waals surface area (Å²) in [4.78, 5) is 0. The Balaban J connectivity index is 2.43. The maximum absolute atomic E-state index is 6.18. The summed E-state index contributed by atoms with van der Waals surface area (Å²) in [5, 5.41) is 4.66. The van der Waals surface area contributed by atoms with Crippen molar-refractivity contribution in [3.8, 4) is 11.3 Å². The number of rotatable bonds is 4.